The smallest absolute Gasteiger partial charge is 0.126 e. The monoisotopic (exact) mass is 264 g/mol. The fraction of sp³-hybridized carbons (Fsp3) is 0.647. The Morgan fingerprint density at radius 2 is 1.84 bits per heavy atom. The molecule has 0 amide bonds. The molecule has 1 nitrogen and oxygen atoms in total. The second-order valence-corrected chi connectivity index (χ2v) is 6.76. The van der Waals surface area contributed by atoms with Crippen LogP contribution in [0.2, 0.25) is 0 Å². The second-order valence-electron chi connectivity index (χ2n) is 6.76. The minimum atomic E-state index is -0.0586. The van der Waals surface area contributed by atoms with Crippen LogP contribution >= 0.6 is 0 Å². The topological polar surface area (TPSA) is 9.23 Å². The van der Waals surface area contributed by atoms with Gasteiger partial charge in [-0.1, -0.05) is 39.8 Å². The molecular formula is C17H25FO. The Morgan fingerprint density at radius 1 is 1.21 bits per heavy atom. The highest BCUT2D eigenvalue weighted by molar-refractivity contribution is 5.31. The molecule has 1 unspecified atom stereocenters. The molecule has 1 saturated heterocycles. The summed E-state index contributed by atoms with van der Waals surface area (Å²) < 4.78 is 19.4. The average Bonchev–Trinajstić information content (AvgIpc) is 2.38. The van der Waals surface area contributed by atoms with Crippen LogP contribution in [-0.4, -0.2) is 13.2 Å². The lowest BCUT2D eigenvalue weighted by Crippen LogP contribution is -2.18. The minimum Gasteiger partial charge on any atom is -0.381 e. The van der Waals surface area contributed by atoms with Gasteiger partial charge in [-0.05, 0) is 47.3 Å². The molecule has 1 aliphatic rings. The summed E-state index contributed by atoms with van der Waals surface area (Å²) in [6, 6.07) is 5.66. The maximum atomic E-state index is 14.1. The van der Waals surface area contributed by atoms with Crippen LogP contribution in [-0.2, 0) is 4.74 Å². The fourth-order valence-electron chi connectivity index (χ4n) is 2.65. The van der Waals surface area contributed by atoms with Crippen molar-refractivity contribution in [3.05, 3.63) is 35.1 Å². The Morgan fingerprint density at radius 3 is 2.42 bits per heavy atom. The van der Waals surface area contributed by atoms with Crippen molar-refractivity contribution in [2.45, 2.75) is 52.4 Å². The Labute approximate surface area is 116 Å². The van der Waals surface area contributed by atoms with E-state index in [2.05, 4.69) is 33.8 Å². The Bertz CT molecular complexity index is 427. The fourth-order valence-corrected chi connectivity index (χ4v) is 2.65. The molecule has 1 fully saturated rings. The molecule has 0 radical (unpaired) electrons. The van der Waals surface area contributed by atoms with Gasteiger partial charge in [-0.2, -0.15) is 0 Å². The molecule has 2 heteroatoms. The maximum absolute atomic E-state index is 14.1. The molecule has 0 spiro atoms. The van der Waals surface area contributed by atoms with E-state index in [9.17, 15) is 4.39 Å². The molecule has 0 aromatic heterocycles. The van der Waals surface area contributed by atoms with E-state index in [1.165, 1.54) is 5.56 Å². The SMILES string of the molecule is CC(c1ccc(F)c(C2CCOCC2)c1)C(C)(C)C. The summed E-state index contributed by atoms with van der Waals surface area (Å²) >= 11 is 0. The van der Waals surface area contributed by atoms with Gasteiger partial charge in [0.05, 0.1) is 0 Å². The lowest BCUT2D eigenvalue weighted by Gasteiger charge is -2.29. The van der Waals surface area contributed by atoms with Gasteiger partial charge >= 0.3 is 0 Å². The van der Waals surface area contributed by atoms with Crippen molar-refractivity contribution in [3.8, 4) is 0 Å². The van der Waals surface area contributed by atoms with E-state index in [0.717, 1.165) is 31.6 Å². The quantitative estimate of drug-likeness (QED) is 0.740. The molecule has 2 rings (SSSR count). The summed E-state index contributed by atoms with van der Waals surface area (Å²) in [5.41, 5.74) is 2.33. The van der Waals surface area contributed by atoms with Crippen LogP contribution in [0.4, 0.5) is 4.39 Å². The van der Waals surface area contributed by atoms with Crippen molar-refractivity contribution in [1.82, 2.24) is 0 Å². The summed E-state index contributed by atoms with van der Waals surface area (Å²) in [6.45, 7) is 10.4. The van der Waals surface area contributed by atoms with Gasteiger partial charge in [-0.15, -0.1) is 0 Å². The van der Waals surface area contributed by atoms with Crippen molar-refractivity contribution < 1.29 is 9.13 Å². The Kier molecular flexibility index (Phi) is 4.29. The van der Waals surface area contributed by atoms with Gasteiger partial charge in [0.1, 0.15) is 5.82 Å². The van der Waals surface area contributed by atoms with E-state index in [1.807, 2.05) is 6.07 Å². The van der Waals surface area contributed by atoms with Crippen LogP contribution in [0.25, 0.3) is 0 Å². The molecule has 0 saturated carbocycles. The van der Waals surface area contributed by atoms with Crippen LogP contribution in [0.3, 0.4) is 0 Å². The number of ether oxygens (including phenoxy) is 1. The molecule has 1 atom stereocenters. The highest BCUT2D eigenvalue weighted by atomic mass is 19.1. The number of hydrogen-bond donors (Lipinski definition) is 0. The first-order valence-electron chi connectivity index (χ1n) is 7.26. The van der Waals surface area contributed by atoms with Crippen LogP contribution in [0, 0.1) is 11.2 Å². The van der Waals surface area contributed by atoms with Gasteiger partial charge in [-0.25, -0.2) is 4.39 Å². The second kappa shape index (κ2) is 5.62. The van der Waals surface area contributed by atoms with E-state index in [-0.39, 0.29) is 11.2 Å². The molecule has 1 aromatic carbocycles. The van der Waals surface area contributed by atoms with Gasteiger partial charge in [0.2, 0.25) is 0 Å². The first-order valence-corrected chi connectivity index (χ1v) is 7.26. The van der Waals surface area contributed by atoms with E-state index in [0.29, 0.717) is 11.8 Å². The molecule has 106 valence electrons. The van der Waals surface area contributed by atoms with Crippen molar-refractivity contribution >= 4 is 0 Å². The van der Waals surface area contributed by atoms with E-state index in [1.54, 1.807) is 6.07 Å². The molecule has 19 heavy (non-hydrogen) atoms. The number of rotatable bonds is 2. The predicted octanol–water partition coefficient (Wildman–Crippen LogP) is 4.87. The van der Waals surface area contributed by atoms with Gasteiger partial charge in [0.15, 0.2) is 0 Å². The Hall–Kier alpha value is -0.890. The van der Waals surface area contributed by atoms with Crippen LogP contribution < -0.4 is 0 Å². The first kappa shape index (κ1) is 14.5. The van der Waals surface area contributed by atoms with Gasteiger partial charge in [0, 0.05) is 13.2 Å². The largest absolute Gasteiger partial charge is 0.381 e. The van der Waals surface area contributed by atoms with Crippen LogP contribution in [0.15, 0.2) is 18.2 Å². The first-order chi connectivity index (χ1) is 8.89. The summed E-state index contributed by atoms with van der Waals surface area (Å²) in [5, 5.41) is 0. The lowest BCUT2D eigenvalue weighted by molar-refractivity contribution is 0.0846. The number of halogens is 1. The molecule has 1 aliphatic heterocycles. The zero-order chi connectivity index (χ0) is 14.0. The third-order valence-electron chi connectivity index (χ3n) is 4.48. The van der Waals surface area contributed by atoms with Gasteiger partial charge in [0.25, 0.3) is 0 Å². The molecule has 1 aromatic rings. The molecule has 0 N–H and O–H groups in total. The zero-order valence-corrected chi connectivity index (χ0v) is 12.5. The van der Waals surface area contributed by atoms with Crippen molar-refractivity contribution in [2.24, 2.45) is 5.41 Å². The van der Waals surface area contributed by atoms with Crippen LogP contribution in [0.5, 0.6) is 0 Å². The third-order valence-corrected chi connectivity index (χ3v) is 4.48. The standard InChI is InChI=1S/C17H25FO/c1-12(17(2,3)4)14-5-6-16(18)15(11-14)13-7-9-19-10-8-13/h5-6,11-13H,7-10H2,1-4H3. The molecular weight excluding hydrogens is 239 g/mol. The summed E-state index contributed by atoms with van der Waals surface area (Å²) in [6.07, 6.45) is 1.87. The van der Waals surface area contributed by atoms with E-state index in [4.69, 9.17) is 4.74 Å². The highest BCUT2D eigenvalue weighted by Gasteiger charge is 2.24. The van der Waals surface area contributed by atoms with E-state index >= 15 is 0 Å². The summed E-state index contributed by atoms with van der Waals surface area (Å²) in [4.78, 5) is 0. The summed E-state index contributed by atoms with van der Waals surface area (Å²) in [7, 11) is 0. The number of hydrogen-bond acceptors (Lipinski definition) is 1. The minimum absolute atomic E-state index is 0.0586. The maximum Gasteiger partial charge on any atom is 0.126 e. The Balaban J connectivity index is 2.28. The van der Waals surface area contributed by atoms with Gasteiger partial charge < -0.3 is 4.74 Å². The molecule has 0 bridgehead atoms. The third kappa shape index (κ3) is 3.36. The predicted molar refractivity (Wildman–Crippen MR) is 77.1 cm³/mol. The number of benzene rings is 1. The lowest BCUT2D eigenvalue weighted by atomic mass is 9.76. The van der Waals surface area contributed by atoms with Crippen molar-refractivity contribution in [2.75, 3.05) is 13.2 Å². The zero-order valence-electron chi connectivity index (χ0n) is 12.5. The van der Waals surface area contributed by atoms with E-state index < -0.39 is 0 Å². The van der Waals surface area contributed by atoms with Crippen LogP contribution in [0.1, 0.15) is 63.5 Å². The summed E-state index contributed by atoms with van der Waals surface area (Å²) in [5.74, 6) is 0.685. The molecule has 0 aliphatic carbocycles. The van der Waals surface area contributed by atoms with Gasteiger partial charge in [-0.3, -0.25) is 0 Å². The average molecular weight is 264 g/mol. The molecule has 1 heterocycles. The van der Waals surface area contributed by atoms with Crippen molar-refractivity contribution in [1.29, 1.82) is 0 Å². The normalized spacial score (nSPS) is 19.4. The van der Waals surface area contributed by atoms with Crippen molar-refractivity contribution in [3.63, 3.8) is 0 Å². The highest BCUT2D eigenvalue weighted by Crippen LogP contribution is 2.37.